The number of aromatic nitrogens is 2. The van der Waals surface area contributed by atoms with Crippen molar-refractivity contribution in [2.24, 2.45) is 0 Å². The third-order valence-corrected chi connectivity index (χ3v) is 10.4. The van der Waals surface area contributed by atoms with Crippen molar-refractivity contribution in [2.75, 3.05) is 0 Å². The lowest BCUT2D eigenvalue weighted by Crippen LogP contribution is -2.00. The summed E-state index contributed by atoms with van der Waals surface area (Å²) in [7, 11) is 12.8. The number of benzene rings is 8. The molecule has 0 N–H and O–H groups in total. The zero-order valence-electron chi connectivity index (χ0n) is 28.4. The van der Waals surface area contributed by atoms with Crippen LogP contribution in [0.3, 0.4) is 0 Å². The van der Waals surface area contributed by atoms with Gasteiger partial charge in [-0.05, 0) is 94.0 Å². The standard InChI is InChI=1S/C48H30B2N2/c49-37-18-24-47-43(29-37)41-27-35(16-22-45(41)51(47)39-20-14-33(15-21-39)31-8-3-1-4-9-31)36-17-23-46-42(28-36)44-30-38(50)19-25-48(44)52(46)40-13-7-12-34(26-40)32-10-5-2-6-11-32/h1-30H. The van der Waals surface area contributed by atoms with E-state index < -0.39 is 0 Å². The van der Waals surface area contributed by atoms with Crippen LogP contribution < -0.4 is 10.9 Å². The smallest absolute Gasteiger partial charge is 0.113 e. The van der Waals surface area contributed by atoms with E-state index in [0.29, 0.717) is 0 Å². The molecule has 2 nitrogen and oxygen atoms in total. The van der Waals surface area contributed by atoms with Crippen molar-refractivity contribution in [1.29, 1.82) is 0 Å². The highest BCUT2D eigenvalue weighted by Gasteiger charge is 2.17. The Morgan fingerprint density at radius 2 is 0.654 bits per heavy atom. The van der Waals surface area contributed by atoms with Crippen LogP contribution in [0.2, 0.25) is 0 Å². The minimum Gasteiger partial charge on any atom is -0.309 e. The van der Waals surface area contributed by atoms with Gasteiger partial charge in [0.25, 0.3) is 0 Å². The first-order valence-corrected chi connectivity index (χ1v) is 17.6. The van der Waals surface area contributed by atoms with Gasteiger partial charge >= 0.3 is 0 Å². The molecule has 0 bridgehead atoms. The molecule has 0 aliphatic rings. The molecular weight excluding hydrogens is 626 g/mol. The van der Waals surface area contributed by atoms with Crippen molar-refractivity contribution in [3.05, 3.63) is 182 Å². The lowest BCUT2D eigenvalue weighted by Gasteiger charge is -2.11. The maximum atomic E-state index is 6.41. The van der Waals surface area contributed by atoms with E-state index in [2.05, 4.69) is 173 Å². The van der Waals surface area contributed by atoms with Crippen LogP contribution >= 0.6 is 0 Å². The molecule has 4 radical (unpaired) electrons. The second-order valence-corrected chi connectivity index (χ2v) is 13.5. The number of nitrogens with zero attached hydrogens (tertiary/aromatic N) is 2. The maximum absolute atomic E-state index is 6.41. The molecule has 2 heterocycles. The van der Waals surface area contributed by atoms with Crippen LogP contribution in [-0.4, -0.2) is 24.8 Å². The fourth-order valence-electron chi connectivity index (χ4n) is 7.89. The van der Waals surface area contributed by atoms with E-state index in [1.54, 1.807) is 0 Å². The Morgan fingerprint density at radius 3 is 1.19 bits per heavy atom. The van der Waals surface area contributed by atoms with Gasteiger partial charge in [0.05, 0.1) is 22.1 Å². The molecule has 4 heteroatoms. The monoisotopic (exact) mass is 656 g/mol. The van der Waals surface area contributed by atoms with Gasteiger partial charge < -0.3 is 9.13 Å². The molecule has 0 aliphatic heterocycles. The summed E-state index contributed by atoms with van der Waals surface area (Å²) in [5.74, 6) is 0. The highest BCUT2D eigenvalue weighted by molar-refractivity contribution is 6.34. The summed E-state index contributed by atoms with van der Waals surface area (Å²) in [4.78, 5) is 0. The molecule has 8 aromatic carbocycles. The average Bonchev–Trinajstić information content (AvgIpc) is 3.70. The molecule has 10 rings (SSSR count). The van der Waals surface area contributed by atoms with Crippen molar-refractivity contribution in [1.82, 2.24) is 9.13 Å². The van der Waals surface area contributed by atoms with Crippen molar-refractivity contribution >= 4 is 70.2 Å². The summed E-state index contributed by atoms with van der Waals surface area (Å²) >= 11 is 0. The summed E-state index contributed by atoms with van der Waals surface area (Å²) in [5.41, 5.74) is 15.3. The number of hydrogen-bond acceptors (Lipinski definition) is 0. The Kier molecular flexibility index (Phi) is 7.04. The van der Waals surface area contributed by atoms with Crippen molar-refractivity contribution < 1.29 is 0 Å². The quantitative estimate of drug-likeness (QED) is 0.163. The second-order valence-electron chi connectivity index (χ2n) is 13.5. The van der Waals surface area contributed by atoms with Crippen LogP contribution in [0.1, 0.15) is 0 Å². The van der Waals surface area contributed by atoms with E-state index in [4.69, 9.17) is 15.7 Å². The van der Waals surface area contributed by atoms with Crippen LogP contribution in [0.15, 0.2) is 182 Å². The molecule has 2 aromatic heterocycles. The van der Waals surface area contributed by atoms with Gasteiger partial charge in [0, 0.05) is 32.9 Å². The first-order chi connectivity index (χ1) is 25.6. The normalized spacial score (nSPS) is 11.6. The van der Waals surface area contributed by atoms with Gasteiger partial charge in [0.1, 0.15) is 15.7 Å². The van der Waals surface area contributed by atoms with Gasteiger partial charge in [-0.15, -0.1) is 0 Å². The van der Waals surface area contributed by atoms with Gasteiger partial charge in [0.2, 0.25) is 0 Å². The topological polar surface area (TPSA) is 9.86 Å². The minimum atomic E-state index is 0.749. The minimum absolute atomic E-state index is 0.749. The zero-order valence-corrected chi connectivity index (χ0v) is 28.4. The van der Waals surface area contributed by atoms with Crippen LogP contribution in [0.4, 0.5) is 0 Å². The number of hydrogen-bond donors (Lipinski definition) is 0. The Bertz CT molecular complexity index is 2960. The van der Waals surface area contributed by atoms with Crippen LogP contribution in [0.25, 0.3) is 88.4 Å². The predicted molar refractivity (Wildman–Crippen MR) is 222 cm³/mol. The molecule has 238 valence electrons. The molecule has 0 fully saturated rings. The third kappa shape index (κ3) is 4.99. The Morgan fingerprint density at radius 1 is 0.269 bits per heavy atom. The number of rotatable bonds is 5. The lowest BCUT2D eigenvalue weighted by molar-refractivity contribution is 1.18. The second kappa shape index (κ2) is 12.1. The Balaban J connectivity index is 1.12. The molecule has 0 amide bonds. The van der Waals surface area contributed by atoms with Crippen molar-refractivity contribution in [3.63, 3.8) is 0 Å². The molecule has 0 atom stereocenters. The van der Waals surface area contributed by atoms with E-state index in [1.165, 1.54) is 22.3 Å². The third-order valence-electron chi connectivity index (χ3n) is 10.4. The van der Waals surface area contributed by atoms with Crippen LogP contribution in [0.5, 0.6) is 0 Å². The van der Waals surface area contributed by atoms with Gasteiger partial charge in [-0.1, -0.05) is 132 Å². The lowest BCUT2D eigenvalue weighted by atomic mass is 9.93. The number of fused-ring (bicyclic) bond motifs is 6. The average molecular weight is 656 g/mol. The van der Waals surface area contributed by atoms with Crippen molar-refractivity contribution in [2.45, 2.75) is 0 Å². The highest BCUT2D eigenvalue weighted by atomic mass is 15.0. The molecule has 0 unspecified atom stereocenters. The predicted octanol–water partition coefficient (Wildman–Crippen LogP) is 10.5. The summed E-state index contributed by atoms with van der Waals surface area (Å²) in [6.07, 6.45) is 0. The largest absolute Gasteiger partial charge is 0.309 e. The SMILES string of the molecule is [B]c1ccc2c(c1)c1cc(-c3ccc4c(c3)c3cc([B])ccc3n4-c3cccc(-c4ccccc4)c3)ccc1n2-c1ccc(-c2ccccc2)cc1. The summed E-state index contributed by atoms with van der Waals surface area (Å²) in [5, 5.41) is 4.59. The van der Waals surface area contributed by atoms with Gasteiger partial charge in [-0.25, -0.2) is 0 Å². The first kappa shape index (κ1) is 30.3. The van der Waals surface area contributed by atoms with E-state index >= 15 is 0 Å². The maximum Gasteiger partial charge on any atom is 0.113 e. The van der Waals surface area contributed by atoms with E-state index in [9.17, 15) is 0 Å². The fourth-order valence-corrected chi connectivity index (χ4v) is 7.89. The fraction of sp³-hybridized carbons (Fsp3) is 0. The van der Waals surface area contributed by atoms with E-state index in [-0.39, 0.29) is 0 Å². The van der Waals surface area contributed by atoms with Gasteiger partial charge in [0.15, 0.2) is 0 Å². The van der Waals surface area contributed by atoms with E-state index in [1.807, 2.05) is 18.2 Å². The van der Waals surface area contributed by atoms with E-state index in [0.717, 1.165) is 77.0 Å². The molecular formula is C48H30B2N2. The van der Waals surface area contributed by atoms with Gasteiger partial charge in [-0.2, -0.15) is 0 Å². The van der Waals surface area contributed by atoms with Crippen LogP contribution in [-0.2, 0) is 0 Å². The Hall–Kier alpha value is -6.51. The molecule has 10 aromatic rings. The van der Waals surface area contributed by atoms with Gasteiger partial charge in [-0.3, -0.25) is 0 Å². The van der Waals surface area contributed by atoms with Crippen molar-refractivity contribution in [3.8, 4) is 44.8 Å². The molecule has 0 aliphatic carbocycles. The Labute approximate surface area is 305 Å². The molecule has 0 saturated heterocycles. The summed E-state index contributed by atoms with van der Waals surface area (Å²) in [6.45, 7) is 0. The molecule has 0 saturated carbocycles. The summed E-state index contributed by atoms with van der Waals surface area (Å²) in [6, 6.07) is 64.6. The first-order valence-electron chi connectivity index (χ1n) is 17.6. The zero-order chi connectivity index (χ0) is 34.8. The molecule has 52 heavy (non-hydrogen) atoms. The van der Waals surface area contributed by atoms with Crippen LogP contribution in [0, 0.1) is 0 Å². The molecule has 0 spiro atoms. The summed E-state index contributed by atoms with van der Waals surface area (Å²) < 4.78 is 4.69. The highest BCUT2D eigenvalue weighted by Crippen LogP contribution is 2.38.